The molecule has 2 aromatic heterocycles. The summed E-state index contributed by atoms with van der Waals surface area (Å²) >= 11 is 0. The summed E-state index contributed by atoms with van der Waals surface area (Å²) in [5, 5.41) is 2.26. The van der Waals surface area contributed by atoms with Gasteiger partial charge in [-0.05, 0) is 132 Å². The number of aliphatic imine (C=N–C) groups is 1. The van der Waals surface area contributed by atoms with E-state index in [9.17, 15) is 0 Å². The van der Waals surface area contributed by atoms with Gasteiger partial charge in [-0.1, -0.05) is 95.6 Å². The highest BCUT2D eigenvalue weighted by Gasteiger charge is 2.30. The zero-order valence-electron chi connectivity index (χ0n) is 36.3. The molecule has 0 bridgehead atoms. The van der Waals surface area contributed by atoms with Gasteiger partial charge in [-0.3, -0.25) is 4.57 Å². The van der Waals surface area contributed by atoms with Gasteiger partial charge in [0.15, 0.2) is 0 Å². The Bertz CT molecular complexity index is 2710. The summed E-state index contributed by atoms with van der Waals surface area (Å²) in [6.07, 6.45) is 1.14. The Balaban J connectivity index is 1.29. The summed E-state index contributed by atoms with van der Waals surface area (Å²) < 4.78 is 40.7. The van der Waals surface area contributed by atoms with Gasteiger partial charge in [0.05, 0.1) is 17.1 Å². The fraction of sp³-hybridized carbons (Fsp3) is 0.280. The molecule has 5 aromatic carbocycles. The van der Waals surface area contributed by atoms with Gasteiger partial charge in [0.2, 0.25) is 5.90 Å². The molecule has 0 saturated heterocycles. The van der Waals surface area contributed by atoms with E-state index in [4.69, 9.17) is 23.6 Å². The zero-order valence-corrected chi connectivity index (χ0v) is 33.3. The van der Waals surface area contributed by atoms with Crippen LogP contribution in [0, 0.1) is 20.8 Å². The first-order valence-corrected chi connectivity index (χ1v) is 19.1. The molecule has 1 aliphatic heterocycles. The van der Waals surface area contributed by atoms with Crippen LogP contribution in [0.25, 0.3) is 38.8 Å². The molecular formula is C50H51N3O2. The lowest BCUT2D eigenvalue weighted by molar-refractivity contribution is 0.202. The van der Waals surface area contributed by atoms with Crippen LogP contribution in [0.15, 0.2) is 120 Å². The van der Waals surface area contributed by atoms with E-state index in [1.165, 1.54) is 16.7 Å². The molecule has 55 heavy (non-hydrogen) atoms. The zero-order chi connectivity index (χ0) is 41.3. The molecule has 0 saturated carbocycles. The lowest BCUT2D eigenvalue weighted by Gasteiger charge is -2.20. The average molecular weight is 729 g/mol. The van der Waals surface area contributed by atoms with Crippen LogP contribution in [-0.2, 0) is 15.6 Å². The quantitative estimate of drug-likeness (QED) is 0.171. The molecule has 0 fully saturated rings. The Morgan fingerprint density at radius 1 is 0.673 bits per heavy atom. The van der Waals surface area contributed by atoms with Crippen LogP contribution in [0.3, 0.4) is 0 Å². The van der Waals surface area contributed by atoms with Crippen LogP contribution < -0.4 is 4.74 Å². The molecule has 2 atom stereocenters. The number of hydrogen-bond acceptors (Lipinski definition) is 4. The maximum absolute atomic E-state index is 8.39. The summed E-state index contributed by atoms with van der Waals surface area (Å²) in [4.78, 5) is 9.66. The van der Waals surface area contributed by atoms with E-state index in [0.717, 1.165) is 55.4 Å². The third kappa shape index (κ3) is 6.93. The minimum Gasteiger partial charge on any atom is -0.467 e. The molecule has 0 N–H and O–H groups in total. The van der Waals surface area contributed by atoms with Crippen molar-refractivity contribution >= 4 is 27.7 Å². The normalized spacial score (nSPS) is 17.1. The first-order chi connectivity index (χ1) is 27.3. The number of benzene rings is 5. The Hall–Kier alpha value is -5.68. The highest BCUT2D eigenvalue weighted by atomic mass is 16.5. The fourth-order valence-electron chi connectivity index (χ4n) is 7.93. The van der Waals surface area contributed by atoms with Gasteiger partial charge in [0.25, 0.3) is 0 Å². The van der Waals surface area contributed by atoms with Crippen molar-refractivity contribution in [1.29, 1.82) is 0 Å². The van der Waals surface area contributed by atoms with Crippen LogP contribution in [0.1, 0.15) is 97.6 Å². The molecule has 278 valence electrons. The first kappa shape index (κ1) is 32.7. The van der Waals surface area contributed by atoms with E-state index in [-0.39, 0.29) is 16.7 Å². The van der Waals surface area contributed by atoms with E-state index in [1.807, 2.05) is 60.8 Å². The minimum atomic E-state index is -2.37. The second-order valence-electron chi connectivity index (χ2n) is 17.1. The summed E-state index contributed by atoms with van der Waals surface area (Å²) in [7, 11) is 0. The summed E-state index contributed by atoms with van der Waals surface area (Å²) in [5.74, 6) is 2.35. The van der Waals surface area contributed by atoms with Crippen molar-refractivity contribution in [2.24, 2.45) is 4.99 Å². The molecule has 0 aliphatic carbocycles. The number of aromatic nitrogens is 2. The molecule has 7 aromatic rings. The number of hydrogen-bond donors (Lipinski definition) is 0. The SMILES string of the molecule is [2H]C([2H])([2H])[C@H]1N=C(c2cc(Oc3ccc4c5cc(C(C)(C)C)ccc5n(-c5cc(C(C)(C)C)ccn5)c4c3)cc(-c3c(C)cc(C)cc3C)c2)O[C@H]1c1ccccc1. The molecule has 0 radical (unpaired) electrons. The molecule has 1 aliphatic rings. The van der Waals surface area contributed by atoms with Gasteiger partial charge >= 0.3 is 0 Å². The Labute approximate surface area is 329 Å². The van der Waals surface area contributed by atoms with Crippen LogP contribution >= 0.6 is 0 Å². The second-order valence-corrected chi connectivity index (χ2v) is 17.1. The molecular weight excluding hydrogens is 675 g/mol. The third-order valence-electron chi connectivity index (χ3n) is 10.7. The van der Waals surface area contributed by atoms with Crippen molar-refractivity contribution in [3.8, 4) is 28.4 Å². The molecule has 5 heteroatoms. The van der Waals surface area contributed by atoms with E-state index in [1.54, 1.807) is 0 Å². The standard InChI is InChI=1S/C50H51N3O2/c1-30-22-31(2)46(32(3)23-30)35-24-36(48-52-33(4)47(55-48)34-14-12-11-13-15-34)26-40(25-35)54-39-17-18-41-42-27-37(49(5,6)7)16-19-43(42)53(44(41)29-39)45-28-38(20-21-51-45)50(8,9)10/h11-29,33,47H,1-10H3/t33-,47-/m1/s1/i4D3. The monoisotopic (exact) mass is 728 g/mol. The lowest BCUT2D eigenvalue weighted by Crippen LogP contribution is -2.12. The maximum atomic E-state index is 8.39. The smallest absolute Gasteiger partial charge is 0.217 e. The third-order valence-corrected chi connectivity index (χ3v) is 10.7. The van der Waals surface area contributed by atoms with E-state index in [0.29, 0.717) is 17.1 Å². The van der Waals surface area contributed by atoms with Crippen molar-refractivity contribution < 1.29 is 13.6 Å². The van der Waals surface area contributed by atoms with Gasteiger partial charge in [-0.15, -0.1) is 0 Å². The van der Waals surface area contributed by atoms with E-state index < -0.39 is 19.0 Å². The summed E-state index contributed by atoms with van der Waals surface area (Å²) in [6, 6.07) is 36.0. The minimum absolute atomic E-state index is 0.0229. The number of ether oxygens (including phenoxy) is 2. The van der Waals surface area contributed by atoms with Crippen LogP contribution in [0.5, 0.6) is 11.5 Å². The van der Waals surface area contributed by atoms with Crippen molar-refractivity contribution in [3.05, 3.63) is 154 Å². The maximum Gasteiger partial charge on any atom is 0.217 e. The van der Waals surface area contributed by atoms with Gasteiger partial charge in [0.1, 0.15) is 23.4 Å². The highest BCUT2D eigenvalue weighted by molar-refractivity contribution is 6.10. The highest BCUT2D eigenvalue weighted by Crippen LogP contribution is 2.40. The van der Waals surface area contributed by atoms with Crippen molar-refractivity contribution in [2.75, 3.05) is 0 Å². The average Bonchev–Trinajstić information content (AvgIpc) is 3.75. The topological polar surface area (TPSA) is 48.6 Å². The van der Waals surface area contributed by atoms with Crippen molar-refractivity contribution in [2.45, 2.75) is 92.1 Å². The van der Waals surface area contributed by atoms with Crippen LogP contribution in [0.4, 0.5) is 0 Å². The first-order valence-electron chi connectivity index (χ1n) is 20.6. The Morgan fingerprint density at radius 3 is 2.09 bits per heavy atom. The number of pyridine rings is 1. The number of rotatable bonds is 6. The van der Waals surface area contributed by atoms with Gasteiger partial charge in [0, 0.05) is 32.7 Å². The molecule has 0 unspecified atom stereocenters. The predicted octanol–water partition coefficient (Wildman–Crippen LogP) is 13.1. The fourth-order valence-corrected chi connectivity index (χ4v) is 7.93. The van der Waals surface area contributed by atoms with Crippen LogP contribution in [-0.4, -0.2) is 21.5 Å². The molecule has 3 heterocycles. The largest absolute Gasteiger partial charge is 0.467 e. The second kappa shape index (κ2) is 13.6. The number of nitrogens with zero attached hydrogens (tertiary/aromatic N) is 3. The number of aryl methyl sites for hydroxylation is 3. The predicted molar refractivity (Wildman–Crippen MR) is 228 cm³/mol. The van der Waals surface area contributed by atoms with E-state index in [2.05, 4.69) is 121 Å². The van der Waals surface area contributed by atoms with Crippen LogP contribution in [0.2, 0.25) is 0 Å². The van der Waals surface area contributed by atoms with Gasteiger partial charge in [-0.25, -0.2) is 9.98 Å². The molecule has 0 spiro atoms. The molecule has 8 rings (SSSR count). The summed E-state index contributed by atoms with van der Waals surface area (Å²) in [6.45, 7) is 17.3. The van der Waals surface area contributed by atoms with Gasteiger partial charge in [-0.2, -0.15) is 0 Å². The van der Waals surface area contributed by atoms with E-state index >= 15 is 0 Å². The van der Waals surface area contributed by atoms with Crippen molar-refractivity contribution in [1.82, 2.24) is 9.55 Å². The lowest BCUT2D eigenvalue weighted by atomic mass is 9.86. The number of fused-ring (bicyclic) bond motifs is 3. The summed E-state index contributed by atoms with van der Waals surface area (Å²) in [5.41, 5.74) is 11.3. The molecule has 5 nitrogen and oxygen atoms in total. The van der Waals surface area contributed by atoms with Crippen molar-refractivity contribution in [3.63, 3.8) is 0 Å². The molecule has 0 amide bonds. The Morgan fingerprint density at radius 2 is 1.38 bits per heavy atom. The Kier molecular flexibility index (Phi) is 8.07. The van der Waals surface area contributed by atoms with Gasteiger partial charge < -0.3 is 9.47 Å².